The zero-order valence-corrected chi connectivity index (χ0v) is 22.2. The Hall–Kier alpha value is -2.70. The summed E-state index contributed by atoms with van der Waals surface area (Å²) in [6.45, 7) is 11.2. The predicted molar refractivity (Wildman–Crippen MR) is 140 cm³/mol. The van der Waals surface area contributed by atoms with Crippen molar-refractivity contribution in [2.24, 2.45) is 0 Å². The molecule has 0 heterocycles. The Kier molecular flexibility index (Phi) is 13.2. The molecule has 0 atom stereocenters. The normalized spacial score (nSPS) is 11.1. The van der Waals surface area contributed by atoms with Gasteiger partial charge < -0.3 is 0 Å². The molecule has 0 unspecified atom stereocenters. The van der Waals surface area contributed by atoms with Crippen molar-refractivity contribution >= 4 is 11.9 Å². The molecule has 196 valence electrons. The first-order valence-corrected chi connectivity index (χ1v) is 12.9. The fourth-order valence-corrected chi connectivity index (χ4v) is 4.13. The molecule has 2 aromatic rings. The number of carbonyl (C=O) groups excluding carboxylic acids is 2. The van der Waals surface area contributed by atoms with Crippen molar-refractivity contribution in [1.82, 2.24) is 0 Å². The molecule has 6 heteroatoms. The van der Waals surface area contributed by atoms with Crippen LogP contribution in [0.25, 0.3) is 0 Å². The van der Waals surface area contributed by atoms with Gasteiger partial charge in [0.1, 0.15) is 0 Å². The van der Waals surface area contributed by atoms with Crippen LogP contribution in [0.5, 0.6) is 0 Å². The molecule has 0 spiro atoms. The van der Waals surface area contributed by atoms with E-state index in [1.54, 1.807) is 0 Å². The van der Waals surface area contributed by atoms with Crippen LogP contribution in [-0.4, -0.2) is 11.9 Å². The van der Waals surface area contributed by atoms with Crippen molar-refractivity contribution in [3.05, 3.63) is 83.0 Å². The maximum atomic E-state index is 12.6. The minimum atomic E-state index is -0.630. The molecule has 2 radical (unpaired) electrons. The maximum absolute atomic E-state index is 12.6. The molecule has 0 bridgehead atoms. The van der Waals surface area contributed by atoms with E-state index in [1.807, 2.05) is 64.1 Å². The highest BCUT2D eigenvalue weighted by atomic mass is 17.3. The van der Waals surface area contributed by atoms with Gasteiger partial charge in [-0.3, -0.25) is 9.78 Å². The maximum Gasteiger partial charge on any atom is 0.373 e. The third-order valence-electron chi connectivity index (χ3n) is 6.17. The Morgan fingerprint density at radius 3 is 1.33 bits per heavy atom. The van der Waals surface area contributed by atoms with Gasteiger partial charge in [-0.15, -0.1) is 9.78 Å². The summed E-state index contributed by atoms with van der Waals surface area (Å²) >= 11 is 0. The fraction of sp³-hybridized carbons (Fsp3) is 0.467. The van der Waals surface area contributed by atoms with Gasteiger partial charge in [-0.05, 0) is 56.4 Å². The van der Waals surface area contributed by atoms with E-state index in [0.29, 0.717) is 17.5 Å². The highest BCUT2D eigenvalue weighted by Crippen LogP contribution is 2.22. The van der Waals surface area contributed by atoms with Crippen LogP contribution in [0.1, 0.15) is 107 Å². The summed E-state index contributed by atoms with van der Waals surface area (Å²) in [5, 5.41) is 0. The Labute approximate surface area is 216 Å². The van der Waals surface area contributed by atoms with Gasteiger partial charge in [0.25, 0.3) is 0 Å². The van der Waals surface area contributed by atoms with Crippen molar-refractivity contribution in [2.45, 2.75) is 91.9 Å². The van der Waals surface area contributed by atoms with Crippen LogP contribution in [0.3, 0.4) is 0 Å². The van der Waals surface area contributed by atoms with Crippen LogP contribution < -0.4 is 0 Å². The molecular weight excluding hydrogens is 456 g/mol. The van der Waals surface area contributed by atoms with Crippen molar-refractivity contribution in [2.75, 3.05) is 0 Å². The zero-order chi connectivity index (χ0) is 26.3. The Morgan fingerprint density at radius 2 is 0.944 bits per heavy atom. The van der Waals surface area contributed by atoms with E-state index in [-0.39, 0.29) is 6.29 Å². The van der Waals surface area contributed by atoms with Crippen LogP contribution >= 0.6 is 0 Å². The minimum Gasteiger partial charge on any atom is -0.289 e. The molecule has 0 N–H and O–H groups in total. The first-order valence-electron chi connectivity index (χ1n) is 12.9. The van der Waals surface area contributed by atoms with Gasteiger partial charge in [0.05, 0.1) is 11.1 Å². The smallest absolute Gasteiger partial charge is 0.289 e. The van der Waals surface area contributed by atoms with Crippen LogP contribution in [-0.2, 0) is 19.6 Å². The lowest BCUT2D eigenvalue weighted by molar-refractivity contribution is -0.364. The van der Waals surface area contributed by atoms with Gasteiger partial charge in [0, 0.05) is 6.42 Å². The molecule has 36 heavy (non-hydrogen) atoms. The molecule has 0 fully saturated rings. The molecule has 0 aromatic heterocycles. The highest BCUT2D eigenvalue weighted by molar-refractivity contribution is 5.92. The predicted octanol–water partition coefficient (Wildman–Crippen LogP) is 8.02. The Bertz CT molecular complexity index is 860. The average molecular weight is 497 g/mol. The summed E-state index contributed by atoms with van der Waals surface area (Å²) in [7, 11) is 0. The number of hydrogen-bond donors (Lipinski definition) is 0. The number of aryl methyl sites for hydroxylation is 4. The third kappa shape index (κ3) is 9.75. The van der Waals surface area contributed by atoms with Crippen molar-refractivity contribution in [3.8, 4) is 0 Å². The molecule has 0 aliphatic rings. The molecule has 2 aromatic carbocycles. The lowest BCUT2D eigenvalue weighted by Gasteiger charge is -2.15. The van der Waals surface area contributed by atoms with E-state index in [2.05, 4.69) is 6.92 Å². The van der Waals surface area contributed by atoms with E-state index in [1.165, 1.54) is 25.7 Å². The molecule has 0 aliphatic carbocycles. The van der Waals surface area contributed by atoms with Crippen LogP contribution in [0.2, 0.25) is 0 Å². The quantitative estimate of drug-likeness (QED) is 0.133. The number of hydrogen-bond acceptors (Lipinski definition) is 6. The van der Waals surface area contributed by atoms with E-state index in [9.17, 15) is 9.59 Å². The van der Waals surface area contributed by atoms with Gasteiger partial charge in [0.2, 0.25) is 0 Å². The summed E-state index contributed by atoms with van der Waals surface area (Å²) in [6, 6.07) is 11.1. The van der Waals surface area contributed by atoms with Gasteiger partial charge in [-0.2, -0.15) is 0 Å². The summed E-state index contributed by atoms with van der Waals surface area (Å²) < 4.78 is 0. The van der Waals surface area contributed by atoms with E-state index >= 15 is 0 Å². The monoisotopic (exact) mass is 496 g/mol. The number of rotatable bonds is 16. The van der Waals surface area contributed by atoms with Gasteiger partial charge >= 0.3 is 18.2 Å². The van der Waals surface area contributed by atoms with Crippen LogP contribution in [0, 0.1) is 40.9 Å². The number of benzene rings is 2. The van der Waals surface area contributed by atoms with Crippen molar-refractivity contribution < 1.29 is 29.1 Å². The number of unbranched alkanes of at least 4 members (excludes halogenated alkanes) is 8. The van der Waals surface area contributed by atoms with Crippen molar-refractivity contribution in [3.63, 3.8) is 0 Å². The van der Waals surface area contributed by atoms with Crippen LogP contribution in [0.4, 0.5) is 0 Å². The highest BCUT2D eigenvalue weighted by Gasteiger charge is 2.23. The largest absolute Gasteiger partial charge is 0.373 e. The Morgan fingerprint density at radius 1 is 0.583 bits per heavy atom. The third-order valence-corrected chi connectivity index (χ3v) is 6.17. The van der Waals surface area contributed by atoms with Crippen LogP contribution in [0.15, 0.2) is 36.4 Å². The second-order valence-electron chi connectivity index (χ2n) is 9.25. The minimum absolute atomic E-state index is 0.0652. The summed E-state index contributed by atoms with van der Waals surface area (Å²) in [5.74, 6) is -1.26. The first-order chi connectivity index (χ1) is 17.3. The van der Waals surface area contributed by atoms with E-state index in [4.69, 9.17) is 19.6 Å². The fourth-order valence-electron chi connectivity index (χ4n) is 4.13. The molecule has 2 rings (SSSR count). The second-order valence-corrected chi connectivity index (χ2v) is 9.25. The van der Waals surface area contributed by atoms with Gasteiger partial charge in [0.15, 0.2) is 0 Å². The van der Waals surface area contributed by atoms with Crippen molar-refractivity contribution in [1.29, 1.82) is 0 Å². The van der Waals surface area contributed by atoms with E-state index in [0.717, 1.165) is 54.4 Å². The summed E-state index contributed by atoms with van der Waals surface area (Å²) in [6.07, 6.45) is 10.1. The van der Waals surface area contributed by atoms with Gasteiger partial charge in [-0.1, -0.05) is 94.7 Å². The lowest BCUT2D eigenvalue weighted by atomic mass is 10.0. The zero-order valence-electron chi connectivity index (χ0n) is 22.2. The van der Waals surface area contributed by atoms with Gasteiger partial charge in [-0.25, -0.2) is 9.59 Å². The molecular formula is C30H40O6. The standard InChI is InChI=1S/C30H40O6/c1-6-7-8-9-10-11-12-13-14-21-26(33-35-29(31)27-22(2)17-15-18-23(27)3)34-36-30(32)28-24(4)19-16-20-25(28)5/h15-20H,1,6-14,21H2,2-5H3. The summed E-state index contributed by atoms with van der Waals surface area (Å²) in [5.41, 5.74) is 3.99. The molecule has 0 amide bonds. The SMILES string of the molecule is [CH2]CCCCCCCCCC[C](OOC(=O)c1c(C)cccc1C)OOC(=O)c1c(C)cccc1C. The lowest BCUT2D eigenvalue weighted by Crippen LogP contribution is -2.18. The first kappa shape index (κ1) is 29.5. The molecule has 0 aliphatic heterocycles. The molecule has 0 saturated heterocycles. The topological polar surface area (TPSA) is 71.1 Å². The second kappa shape index (κ2) is 16.1. The number of carbonyl (C=O) groups is 2. The Balaban J connectivity index is 1.91. The molecule has 6 nitrogen and oxygen atoms in total. The van der Waals surface area contributed by atoms with E-state index < -0.39 is 11.9 Å². The summed E-state index contributed by atoms with van der Waals surface area (Å²) in [4.78, 5) is 45.9. The molecule has 0 saturated carbocycles. The average Bonchev–Trinajstić information content (AvgIpc) is 2.84.